The fraction of sp³-hybridized carbons (Fsp3) is 0.125. The second-order valence-electron chi connectivity index (χ2n) is 7.25. The summed E-state index contributed by atoms with van der Waals surface area (Å²) < 4.78 is 66.0. The predicted molar refractivity (Wildman–Crippen MR) is 112 cm³/mol. The van der Waals surface area contributed by atoms with Crippen LogP contribution in [0.1, 0.15) is 27.0 Å². The molecule has 0 atom stereocenters. The van der Waals surface area contributed by atoms with Crippen molar-refractivity contribution < 1.29 is 31.5 Å². The van der Waals surface area contributed by atoms with Crippen molar-refractivity contribution in [2.45, 2.75) is 12.7 Å². The molecule has 3 aromatic carbocycles. The van der Waals surface area contributed by atoms with E-state index < -0.39 is 41.7 Å². The molecule has 0 spiro atoms. The predicted octanol–water partition coefficient (Wildman–Crippen LogP) is 5.14. The highest BCUT2D eigenvalue weighted by Gasteiger charge is 2.30. The minimum atomic E-state index is -4.61. The van der Waals surface area contributed by atoms with Crippen LogP contribution in [0.5, 0.6) is 0 Å². The average molecular weight is 473 g/mol. The van der Waals surface area contributed by atoms with Crippen LogP contribution in [0.4, 0.5) is 27.6 Å². The molecule has 5 nitrogen and oxygen atoms in total. The van der Waals surface area contributed by atoms with E-state index in [0.717, 1.165) is 35.2 Å². The van der Waals surface area contributed by atoms with Gasteiger partial charge in [0.2, 0.25) is 5.91 Å². The molecule has 34 heavy (non-hydrogen) atoms. The molecule has 174 valence electrons. The molecule has 2 amide bonds. The molecule has 0 fully saturated rings. The number of carbonyl (C=O) groups is 2. The second-order valence-corrected chi connectivity index (χ2v) is 7.25. The Labute approximate surface area is 191 Å². The van der Waals surface area contributed by atoms with Gasteiger partial charge in [-0.2, -0.15) is 18.4 Å². The molecule has 0 unspecified atom stereocenters. The fourth-order valence-electron chi connectivity index (χ4n) is 3.14. The van der Waals surface area contributed by atoms with Crippen molar-refractivity contribution in [1.29, 1.82) is 5.26 Å². The molecular formula is C24H16F5N3O2. The molecule has 0 aliphatic carbocycles. The molecule has 0 aromatic heterocycles. The lowest BCUT2D eigenvalue weighted by Crippen LogP contribution is -2.37. The Bertz CT molecular complexity index is 1230. The topological polar surface area (TPSA) is 73.2 Å². The number of amides is 2. The first-order valence-electron chi connectivity index (χ1n) is 9.76. The number of anilines is 1. The number of carbonyl (C=O) groups excluding carboxylic acids is 2. The lowest BCUT2D eigenvalue weighted by Gasteiger charge is -2.23. The van der Waals surface area contributed by atoms with Crippen LogP contribution in [-0.2, 0) is 17.5 Å². The summed E-state index contributed by atoms with van der Waals surface area (Å²) in [6.07, 6.45) is -4.61. The van der Waals surface area contributed by atoms with Crippen LogP contribution in [0.3, 0.4) is 0 Å². The number of halogens is 5. The first-order chi connectivity index (χ1) is 16.0. The minimum absolute atomic E-state index is 0.0614. The fourth-order valence-corrected chi connectivity index (χ4v) is 3.14. The van der Waals surface area contributed by atoms with Crippen molar-refractivity contribution >= 4 is 17.5 Å². The van der Waals surface area contributed by atoms with E-state index in [9.17, 15) is 31.5 Å². The maximum atomic E-state index is 13.6. The van der Waals surface area contributed by atoms with E-state index in [-0.39, 0.29) is 28.9 Å². The van der Waals surface area contributed by atoms with Crippen molar-refractivity contribution in [3.63, 3.8) is 0 Å². The largest absolute Gasteiger partial charge is 0.416 e. The van der Waals surface area contributed by atoms with E-state index in [1.165, 1.54) is 30.3 Å². The summed E-state index contributed by atoms with van der Waals surface area (Å²) in [5, 5.41) is 11.2. The normalized spacial score (nSPS) is 10.9. The molecule has 10 heteroatoms. The number of benzene rings is 3. The van der Waals surface area contributed by atoms with Gasteiger partial charge in [-0.05, 0) is 60.2 Å². The molecule has 0 bridgehead atoms. The standard InChI is InChI=1S/C24H16F5N3O2/c25-19-8-16(9-20(26)11-19)13-32(23(34)17-6-4-15(12-30)5-7-17)14-22(33)31-21-3-1-2-18(10-21)24(27,28)29/h1-11H,13-14H2,(H,31,33). The monoisotopic (exact) mass is 473 g/mol. The molecule has 3 aromatic rings. The lowest BCUT2D eigenvalue weighted by molar-refractivity contribution is -0.137. The van der Waals surface area contributed by atoms with E-state index in [1.807, 2.05) is 6.07 Å². The zero-order valence-electron chi connectivity index (χ0n) is 17.4. The Kier molecular flexibility index (Phi) is 7.26. The van der Waals surface area contributed by atoms with Crippen LogP contribution >= 0.6 is 0 Å². The van der Waals surface area contributed by atoms with Crippen LogP contribution in [0, 0.1) is 23.0 Å². The zero-order chi connectivity index (χ0) is 24.9. The van der Waals surface area contributed by atoms with Crippen LogP contribution < -0.4 is 5.32 Å². The molecule has 0 saturated heterocycles. The van der Waals surface area contributed by atoms with Gasteiger partial charge in [0.25, 0.3) is 5.91 Å². The van der Waals surface area contributed by atoms with Gasteiger partial charge in [0.05, 0.1) is 17.2 Å². The summed E-state index contributed by atoms with van der Waals surface area (Å²) in [6, 6.07) is 14.0. The highest BCUT2D eigenvalue weighted by Crippen LogP contribution is 2.30. The first kappa shape index (κ1) is 24.4. The van der Waals surface area contributed by atoms with Crippen LogP contribution in [0.2, 0.25) is 0 Å². The number of hydrogen-bond donors (Lipinski definition) is 1. The number of nitrogens with zero attached hydrogens (tertiary/aromatic N) is 2. The quantitative estimate of drug-likeness (QED) is 0.504. The average Bonchev–Trinajstić information content (AvgIpc) is 2.77. The van der Waals surface area contributed by atoms with Gasteiger partial charge in [0, 0.05) is 23.9 Å². The third-order valence-electron chi connectivity index (χ3n) is 4.65. The summed E-state index contributed by atoms with van der Waals surface area (Å²) in [5.74, 6) is -3.27. The maximum absolute atomic E-state index is 13.6. The number of nitrogens with one attached hydrogen (secondary N) is 1. The highest BCUT2D eigenvalue weighted by molar-refractivity contribution is 5.99. The molecule has 1 N–H and O–H groups in total. The Hall–Kier alpha value is -4.26. The lowest BCUT2D eigenvalue weighted by atomic mass is 10.1. The summed E-state index contributed by atoms with van der Waals surface area (Å²) in [4.78, 5) is 26.6. The SMILES string of the molecule is N#Cc1ccc(C(=O)N(CC(=O)Nc2cccc(C(F)(F)F)c2)Cc2cc(F)cc(F)c2)cc1. The molecule has 0 heterocycles. The third kappa shape index (κ3) is 6.38. The van der Waals surface area contributed by atoms with Gasteiger partial charge >= 0.3 is 6.18 Å². The second kappa shape index (κ2) is 10.1. The Morgan fingerprint density at radius 3 is 2.18 bits per heavy atom. The van der Waals surface area contributed by atoms with Gasteiger partial charge in [0.1, 0.15) is 18.2 Å². The first-order valence-corrected chi connectivity index (χ1v) is 9.76. The van der Waals surface area contributed by atoms with Crippen LogP contribution in [0.15, 0.2) is 66.7 Å². The Balaban J connectivity index is 1.84. The van der Waals surface area contributed by atoms with Crippen molar-refractivity contribution in [1.82, 2.24) is 4.90 Å². The molecule has 0 radical (unpaired) electrons. The van der Waals surface area contributed by atoms with Gasteiger partial charge in [-0.25, -0.2) is 8.78 Å². The van der Waals surface area contributed by atoms with E-state index in [1.54, 1.807) is 0 Å². The summed E-state index contributed by atoms with van der Waals surface area (Å²) in [5.41, 5.74) is -0.653. The van der Waals surface area contributed by atoms with Crippen molar-refractivity contribution in [2.75, 3.05) is 11.9 Å². The smallest absolute Gasteiger partial charge is 0.325 e. The van der Waals surface area contributed by atoms with Crippen molar-refractivity contribution in [2.24, 2.45) is 0 Å². The van der Waals surface area contributed by atoms with Crippen molar-refractivity contribution in [3.8, 4) is 6.07 Å². The summed E-state index contributed by atoms with van der Waals surface area (Å²) >= 11 is 0. The van der Waals surface area contributed by atoms with E-state index in [2.05, 4.69) is 5.32 Å². The van der Waals surface area contributed by atoms with Crippen molar-refractivity contribution in [3.05, 3.63) is 101 Å². The van der Waals surface area contributed by atoms with Gasteiger partial charge in [-0.1, -0.05) is 6.07 Å². The Morgan fingerprint density at radius 2 is 1.59 bits per heavy atom. The molecular weight excluding hydrogens is 457 g/mol. The van der Waals surface area contributed by atoms with E-state index >= 15 is 0 Å². The van der Waals surface area contributed by atoms with E-state index in [4.69, 9.17) is 5.26 Å². The van der Waals surface area contributed by atoms with Crippen LogP contribution in [-0.4, -0.2) is 23.3 Å². The highest BCUT2D eigenvalue weighted by atomic mass is 19.4. The molecule has 0 saturated carbocycles. The minimum Gasteiger partial charge on any atom is -0.325 e. The molecule has 0 aliphatic heterocycles. The summed E-state index contributed by atoms with van der Waals surface area (Å²) in [7, 11) is 0. The van der Waals surface area contributed by atoms with Crippen LogP contribution in [0.25, 0.3) is 0 Å². The number of hydrogen-bond acceptors (Lipinski definition) is 3. The zero-order valence-corrected chi connectivity index (χ0v) is 17.4. The number of alkyl halides is 3. The Morgan fingerprint density at radius 1 is 0.941 bits per heavy atom. The molecule has 3 rings (SSSR count). The van der Waals surface area contributed by atoms with Gasteiger partial charge in [-0.15, -0.1) is 0 Å². The maximum Gasteiger partial charge on any atom is 0.416 e. The van der Waals surface area contributed by atoms with Gasteiger partial charge in [-0.3, -0.25) is 9.59 Å². The van der Waals surface area contributed by atoms with Gasteiger partial charge in [0.15, 0.2) is 0 Å². The number of nitriles is 1. The summed E-state index contributed by atoms with van der Waals surface area (Å²) in [6.45, 7) is -0.975. The van der Waals surface area contributed by atoms with Gasteiger partial charge < -0.3 is 10.2 Å². The van der Waals surface area contributed by atoms with E-state index in [0.29, 0.717) is 6.07 Å². The number of rotatable bonds is 6. The third-order valence-corrected chi connectivity index (χ3v) is 4.65. The molecule has 0 aliphatic rings.